The number of carbonyl (C=O) groups is 2. The maximum atomic E-state index is 12.4. The van der Waals surface area contributed by atoms with Crippen LogP contribution in [0.3, 0.4) is 0 Å². The van der Waals surface area contributed by atoms with Crippen LogP contribution in [-0.4, -0.2) is 35.7 Å². The van der Waals surface area contributed by atoms with Gasteiger partial charge in [0, 0.05) is 6.42 Å². The molecule has 2 atom stereocenters. The molecule has 0 radical (unpaired) electrons. The van der Waals surface area contributed by atoms with E-state index in [0.29, 0.717) is 12.8 Å². The minimum Gasteiger partial charge on any atom is -0.508 e. The average molecular weight is 356 g/mol. The molecule has 0 spiro atoms. The highest BCUT2D eigenvalue weighted by atomic mass is 16.5. The molecule has 6 nitrogen and oxygen atoms in total. The van der Waals surface area contributed by atoms with Crippen LogP contribution in [0, 0.1) is 0 Å². The number of hydrogen-bond donors (Lipinski definition) is 3. The second-order valence-corrected chi connectivity index (χ2v) is 5.98. The normalized spacial score (nSPS) is 12.8. The lowest BCUT2D eigenvalue weighted by molar-refractivity contribution is -0.147. The molecule has 0 bridgehead atoms. The zero-order valence-electron chi connectivity index (χ0n) is 14.7. The van der Waals surface area contributed by atoms with Gasteiger partial charge in [0.1, 0.15) is 11.8 Å². The summed E-state index contributed by atoms with van der Waals surface area (Å²) in [5.74, 6) is -0.759. The van der Waals surface area contributed by atoms with E-state index in [9.17, 15) is 14.7 Å². The fourth-order valence-corrected chi connectivity index (χ4v) is 2.54. The van der Waals surface area contributed by atoms with Crippen molar-refractivity contribution in [3.8, 4) is 5.75 Å². The number of ether oxygens (including phenoxy) is 1. The van der Waals surface area contributed by atoms with Crippen LogP contribution < -0.4 is 11.1 Å². The molecular weight excluding hydrogens is 332 g/mol. The van der Waals surface area contributed by atoms with E-state index < -0.39 is 24.0 Å². The predicted molar refractivity (Wildman–Crippen MR) is 98.5 cm³/mol. The fourth-order valence-electron chi connectivity index (χ4n) is 2.54. The minimum atomic E-state index is -0.813. The number of hydrogen-bond acceptors (Lipinski definition) is 5. The molecule has 0 saturated heterocycles. The molecule has 2 aromatic rings. The standard InChI is InChI=1S/C20H24N2O4/c1-2-26-20(25)18(13-14-6-4-3-5-7-14)22-19(24)17(21)12-15-8-10-16(23)11-9-15/h3-11,17-18,23H,2,12-13,21H2,1H3,(H,22,24)/t17-,18-/m0/s1. The van der Waals surface area contributed by atoms with Gasteiger partial charge >= 0.3 is 5.97 Å². The molecule has 138 valence electrons. The second-order valence-electron chi connectivity index (χ2n) is 5.98. The topological polar surface area (TPSA) is 102 Å². The second kappa shape index (κ2) is 9.58. The van der Waals surface area contributed by atoms with Gasteiger partial charge in [-0.25, -0.2) is 4.79 Å². The van der Waals surface area contributed by atoms with Gasteiger partial charge in [0.2, 0.25) is 5.91 Å². The number of amides is 1. The molecule has 0 aliphatic carbocycles. The van der Waals surface area contributed by atoms with Gasteiger partial charge < -0.3 is 20.9 Å². The van der Waals surface area contributed by atoms with Crippen molar-refractivity contribution in [2.75, 3.05) is 6.61 Å². The van der Waals surface area contributed by atoms with E-state index in [4.69, 9.17) is 10.5 Å². The van der Waals surface area contributed by atoms with E-state index >= 15 is 0 Å². The summed E-state index contributed by atoms with van der Waals surface area (Å²) in [5, 5.41) is 12.0. The molecule has 0 heterocycles. The summed E-state index contributed by atoms with van der Waals surface area (Å²) >= 11 is 0. The van der Waals surface area contributed by atoms with Crippen LogP contribution in [0.2, 0.25) is 0 Å². The van der Waals surface area contributed by atoms with Crippen molar-refractivity contribution in [2.24, 2.45) is 5.73 Å². The van der Waals surface area contributed by atoms with Crippen LogP contribution in [-0.2, 0) is 27.2 Å². The summed E-state index contributed by atoms with van der Waals surface area (Å²) in [6, 6.07) is 14.3. The van der Waals surface area contributed by atoms with Gasteiger partial charge in [0.15, 0.2) is 0 Å². The number of rotatable bonds is 8. The Morgan fingerprint density at radius 3 is 2.27 bits per heavy atom. The van der Waals surface area contributed by atoms with Gasteiger partial charge in [-0.1, -0.05) is 42.5 Å². The molecule has 0 unspecified atom stereocenters. The Morgan fingerprint density at radius 2 is 1.65 bits per heavy atom. The zero-order valence-corrected chi connectivity index (χ0v) is 14.7. The van der Waals surface area contributed by atoms with Gasteiger partial charge in [-0.2, -0.15) is 0 Å². The molecule has 2 aromatic carbocycles. The third-order valence-electron chi connectivity index (χ3n) is 3.90. The molecule has 4 N–H and O–H groups in total. The van der Waals surface area contributed by atoms with Crippen molar-refractivity contribution < 1.29 is 19.4 Å². The first-order chi connectivity index (χ1) is 12.5. The average Bonchev–Trinajstić information content (AvgIpc) is 2.64. The maximum absolute atomic E-state index is 12.4. The van der Waals surface area contributed by atoms with E-state index in [1.54, 1.807) is 19.1 Å². The monoisotopic (exact) mass is 356 g/mol. The van der Waals surface area contributed by atoms with Crippen molar-refractivity contribution in [1.82, 2.24) is 5.32 Å². The SMILES string of the molecule is CCOC(=O)[C@H](Cc1ccccc1)NC(=O)[C@@H](N)Cc1ccc(O)cc1. The smallest absolute Gasteiger partial charge is 0.328 e. The molecule has 6 heteroatoms. The largest absolute Gasteiger partial charge is 0.508 e. The molecule has 0 saturated carbocycles. The Labute approximate surface area is 153 Å². The van der Waals surface area contributed by atoms with Crippen molar-refractivity contribution in [3.05, 3.63) is 65.7 Å². The maximum Gasteiger partial charge on any atom is 0.328 e. The summed E-state index contributed by atoms with van der Waals surface area (Å²) < 4.78 is 5.07. The molecule has 0 fully saturated rings. The summed E-state index contributed by atoms with van der Waals surface area (Å²) in [5.41, 5.74) is 7.71. The minimum absolute atomic E-state index is 0.150. The molecule has 0 aliphatic heterocycles. The molecule has 0 aliphatic rings. The summed E-state index contributed by atoms with van der Waals surface area (Å²) in [7, 11) is 0. The van der Waals surface area contributed by atoms with Crippen LogP contribution >= 0.6 is 0 Å². The van der Waals surface area contributed by atoms with E-state index in [0.717, 1.165) is 11.1 Å². The van der Waals surface area contributed by atoms with Gasteiger partial charge in [0.25, 0.3) is 0 Å². The van der Waals surface area contributed by atoms with Crippen molar-refractivity contribution in [1.29, 1.82) is 0 Å². The van der Waals surface area contributed by atoms with E-state index in [2.05, 4.69) is 5.32 Å². The number of phenolic OH excluding ortho intramolecular Hbond substituents is 1. The third-order valence-corrected chi connectivity index (χ3v) is 3.90. The lowest BCUT2D eigenvalue weighted by Crippen LogP contribution is -2.50. The number of esters is 1. The Hall–Kier alpha value is -2.86. The van der Waals surface area contributed by atoms with Gasteiger partial charge in [0.05, 0.1) is 12.6 Å². The Kier molecular flexibility index (Phi) is 7.17. The first-order valence-electron chi connectivity index (χ1n) is 8.54. The van der Waals surface area contributed by atoms with Crippen LogP contribution in [0.4, 0.5) is 0 Å². The van der Waals surface area contributed by atoms with E-state index in [-0.39, 0.29) is 12.4 Å². The van der Waals surface area contributed by atoms with Gasteiger partial charge in [-0.3, -0.25) is 4.79 Å². The van der Waals surface area contributed by atoms with Crippen LogP contribution in [0.25, 0.3) is 0 Å². The summed E-state index contributed by atoms with van der Waals surface area (Å²) in [4.78, 5) is 24.6. The number of phenols is 1. The number of carbonyl (C=O) groups excluding carboxylic acids is 2. The molecular formula is C20H24N2O4. The van der Waals surface area contributed by atoms with Crippen LogP contribution in [0.5, 0.6) is 5.75 Å². The fraction of sp³-hybridized carbons (Fsp3) is 0.300. The number of aromatic hydroxyl groups is 1. The molecule has 1 amide bonds. The molecule has 26 heavy (non-hydrogen) atoms. The van der Waals surface area contributed by atoms with Gasteiger partial charge in [-0.15, -0.1) is 0 Å². The quantitative estimate of drug-likeness (QED) is 0.623. The first-order valence-corrected chi connectivity index (χ1v) is 8.54. The van der Waals surface area contributed by atoms with Crippen molar-refractivity contribution in [3.63, 3.8) is 0 Å². The highest BCUT2D eigenvalue weighted by Crippen LogP contribution is 2.11. The molecule has 2 rings (SSSR count). The zero-order chi connectivity index (χ0) is 18.9. The molecule has 0 aromatic heterocycles. The Bertz CT molecular complexity index is 716. The summed E-state index contributed by atoms with van der Waals surface area (Å²) in [6.07, 6.45) is 0.629. The van der Waals surface area contributed by atoms with E-state index in [1.807, 2.05) is 30.3 Å². The number of benzene rings is 2. The number of nitrogens with one attached hydrogen (secondary N) is 1. The van der Waals surface area contributed by atoms with Gasteiger partial charge in [-0.05, 0) is 36.6 Å². The summed E-state index contributed by atoms with van der Waals surface area (Å²) in [6.45, 7) is 1.95. The van der Waals surface area contributed by atoms with Crippen LogP contribution in [0.1, 0.15) is 18.1 Å². The van der Waals surface area contributed by atoms with Crippen molar-refractivity contribution >= 4 is 11.9 Å². The first kappa shape index (κ1) is 19.5. The lowest BCUT2D eigenvalue weighted by atomic mass is 10.0. The Balaban J connectivity index is 2.01. The highest BCUT2D eigenvalue weighted by Gasteiger charge is 2.25. The van der Waals surface area contributed by atoms with E-state index in [1.165, 1.54) is 12.1 Å². The van der Waals surface area contributed by atoms with Crippen molar-refractivity contribution in [2.45, 2.75) is 31.8 Å². The number of nitrogens with two attached hydrogens (primary N) is 1. The highest BCUT2D eigenvalue weighted by molar-refractivity contribution is 5.87. The van der Waals surface area contributed by atoms with Crippen LogP contribution in [0.15, 0.2) is 54.6 Å². The third kappa shape index (κ3) is 5.89. The predicted octanol–water partition coefficient (Wildman–Crippen LogP) is 1.55. The lowest BCUT2D eigenvalue weighted by Gasteiger charge is -2.20. The Morgan fingerprint density at radius 1 is 1.04 bits per heavy atom.